The van der Waals surface area contributed by atoms with Gasteiger partial charge in [-0.2, -0.15) is 13.5 Å². The molecule has 2 fully saturated rings. The molecule has 224 valence electrons. The molecule has 1 aromatic rings. The number of carbonyl (C=O) groups excluding carboxylic acids is 4. The summed E-state index contributed by atoms with van der Waals surface area (Å²) in [4.78, 5) is 56.7. The van der Waals surface area contributed by atoms with E-state index in [4.69, 9.17) is 14.2 Å². The van der Waals surface area contributed by atoms with Crippen LogP contribution >= 0.6 is 13.5 Å². The molecule has 3 rings (SSSR count). The van der Waals surface area contributed by atoms with Crippen LogP contribution in [-0.4, -0.2) is 89.7 Å². The maximum Gasteiger partial charge on any atom is 0.410 e. The largest absolute Gasteiger partial charge is 0.465 e. The smallest absolute Gasteiger partial charge is 0.410 e. The fourth-order valence-corrected chi connectivity index (χ4v) is 4.97. The lowest BCUT2D eigenvalue weighted by Gasteiger charge is -2.44. The number of hydrogen-bond acceptors (Lipinski definition) is 7. The summed E-state index contributed by atoms with van der Waals surface area (Å²) in [7, 11) is 0. The van der Waals surface area contributed by atoms with Crippen molar-refractivity contribution in [2.45, 2.75) is 78.6 Å². The second-order valence-corrected chi connectivity index (χ2v) is 11.5. The third kappa shape index (κ3) is 9.31. The van der Waals surface area contributed by atoms with Gasteiger partial charge in [0.15, 0.2) is 0 Å². The van der Waals surface area contributed by atoms with E-state index in [0.717, 1.165) is 5.56 Å². The topological polar surface area (TPSA) is 106 Å². The number of ether oxygens (including phenoxy) is 3. The van der Waals surface area contributed by atoms with Gasteiger partial charge in [-0.1, -0.05) is 37.3 Å². The molecule has 2 heterocycles. The van der Waals surface area contributed by atoms with Crippen molar-refractivity contribution in [3.8, 4) is 0 Å². The van der Waals surface area contributed by atoms with Crippen molar-refractivity contribution in [1.82, 2.24) is 14.7 Å². The van der Waals surface area contributed by atoms with Crippen molar-refractivity contribution in [2.75, 3.05) is 39.3 Å². The molecule has 0 saturated carbocycles. The van der Waals surface area contributed by atoms with Crippen LogP contribution in [0.2, 0.25) is 0 Å². The molecule has 11 heteroatoms. The first-order valence-electron chi connectivity index (χ1n) is 13.8. The fraction of sp³-hybridized carbons (Fsp3) is 0.655. The zero-order chi connectivity index (χ0) is 28.6. The first-order valence-corrected chi connectivity index (χ1v) is 13.8. The number of amides is 3. The number of hydrogen-bond donors (Lipinski definition) is 0. The summed E-state index contributed by atoms with van der Waals surface area (Å²) in [5, 5.41) is 0. The lowest BCUT2D eigenvalue weighted by molar-refractivity contribution is -0.157. The molecule has 0 spiro atoms. The summed E-state index contributed by atoms with van der Waals surface area (Å²) in [6.07, 6.45) is 1.40. The molecule has 10 nitrogen and oxygen atoms in total. The molecule has 0 aliphatic carbocycles. The normalized spacial score (nSPS) is 18.7. The molecule has 0 bridgehead atoms. The maximum atomic E-state index is 14.0. The predicted octanol–water partition coefficient (Wildman–Crippen LogP) is 4.33. The van der Waals surface area contributed by atoms with Gasteiger partial charge in [-0.15, -0.1) is 0 Å². The van der Waals surface area contributed by atoms with E-state index >= 15 is 0 Å². The summed E-state index contributed by atoms with van der Waals surface area (Å²) in [6, 6.07) is 9.14. The van der Waals surface area contributed by atoms with Gasteiger partial charge in [0.25, 0.3) is 0 Å². The highest BCUT2D eigenvalue weighted by molar-refractivity contribution is 7.59. The molecule has 0 unspecified atom stereocenters. The third-order valence-electron chi connectivity index (χ3n) is 7.20. The van der Waals surface area contributed by atoms with Gasteiger partial charge < -0.3 is 28.9 Å². The second-order valence-electron chi connectivity index (χ2n) is 11.5. The highest BCUT2D eigenvalue weighted by atomic mass is 32.1. The van der Waals surface area contributed by atoms with Crippen LogP contribution in [-0.2, 0) is 30.4 Å². The monoisotopic (exact) mass is 579 g/mol. The minimum atomic E-state index is -0.767. The van der Waals surface area contributed by atoms with Gasteiger partial charge in [0.2, 0.25) is 5.91 Å². The van der Waals surface area contributed by atoms with Crippen molar-refractivity contribution in [3.63, 3.8) is 0 Å². The minimum Gasteiger partial charge on any atom is -0.465 e. The molecular formula is C29H45N3O7S. The van der Waals surface area contributed by atoms with Crippen LogP contribution in [0.25, 0.3) is 0 Å². The van der Waals surface area contributed by atoms with Crippen molar-refractivity contribution in [3.05, 3.63) is 35.9 Å². The molecule has 1 atom stereocenters. The Hall–Kier alpha value is -2.95. The number of esters is 1. The van der Waals surface area contributed by atoms with E-state index in [1.165, 1.54) is 0 Å². The second kappa shape index (κ2) is 14.6. The molecule has 2 saturated heterocycles. The lowest BCUT2D eigenvalue weighted by atomic mass is 9.78. The molecule has 1 aromatic carbocycles. The average molecular weight is 580 g/mol. The van der Waals surface area contributed by atoms with Crippen LogP contribution in [0.4, 0.5) is 9.59 Å². The Morgan fingerprint density at radius 2 is 1.62 bits per heavy atom. The quantitative estimate of drug-likeness (QED) is 0.350. The van der Waals surface area contributed by atoms with Crippen LogP contribution in [0.5, 0.6) is 0 Å². The maximum absolute atomic E-state index is 14.0. The van der Waals surface area contributed by atoms with E-state index in [0.29, 0.717) is 45.3 Å². The number of piperidine rings is 2. The molecule has 0 N–H and O–H groups in total. The van der Waals surface area contributed by atoms with Crippen molar-refractivity contribution in [2.24, 2.45) is 5.41 Å². The standard InChI is InChI=1S/C29H43N3O7.H2S/c1-6-37-24(33)20-32(23-13-10-16-31(19-23)27(36)39-28(2,3)4)25(34)29(5)14-17-30(18-15-29)26(35)38-21-22-11-8-7-9-12-22;/h7-9,11-12,23H,6,10,13-21H2,1-5H3;1H2/t23-;/m0./s1. The van der Waals surface area contributed by atoms with Gasteiger partial charge in [0, 0.05) is 31.6 Å². The van der Waals surface area contributed by atoms with E-state index in [1.807, 2.05) is 58.0 Å². The molecular weight excluding hydrogens is 534 g/mol. The lowest BCUT2D eigenvalue weighted by Crippen LogP contribution is -2.58. The number of likely N-dealkylation sites (tertiary alicyclic amines) is 2. The molecule has 2 aliphatic heterocycles. The summed E-state index contributed by atoms with van der Waals surface area (Å²) in [5.74, 6) is -0.644. The van der Waals surface area contributed by atoms with Crippen LogP contribution in [0, 0.1) is 5.41 Å². The van der Waals surface area contributed by atoms with Crippen LogP contribution < -0.4 is 0 Å². The zero-order valence-electron chi connectivity index (χ0n) is 24.4. The van der Waals surface area contributed by atoms with E-state index in [-0.39, 0.29) is 51.7 Å². The van der Waals surface area contributed by atoms with Gasteiger partial charge >= 0.3 is 18.2 Å². The number of carbonyl (C=O) groups is 4. The average Bonchev–Trinajstić information content (AvgIpc) is 2.90. The Balaban J connectivity index is 0.00000560. The number of benzene rings is 1. The molecule has 2 aliphatic rings. The Labute approximate surface area is 244 Å². The third-order valence-corrected chi connectivity index (χ3v) is 7.20. The Bertz CT molecular complexity index is 1010. The number of nitrogens with zero attached hydrogens (tertiary/aromatic N) is 3. The highest BCUT2D eigenvalue weighted by Gasteiger charge is 2.44. The first-order chi connectivity index (χ1) is 18.4. The van der Waals surface area contributed by atoms with Gasteiger partial charge in [-0.25, -0.2) is 9.59 Å². The van der Waals surface area contributed by atoms with Gasteiger partial charge in [0.1, 0.15) is 18.8 Å². The highest BCUT2D eigenvalue weighted by Crippen LogP contribution is 2.35. The van der Waals surface area contributed by atoms with Crippen molar-refractivity contribution >= 4 is 37.6 Å². The van der Waals surface area contributed by atoms with E-state index in [9.17, 15) is 19.2 Å². The van der Waals surface area contributed by atoms with E-state index in [2.05, 4.69) is 0 Å². The fourth-order valence-electron chi connectivity index (χ4n) is 4.97. The summed E-state index contributed by atoms with van der Waals surface area (Å²) in [5.41, 5.74) is -0.490. The predicted molar refractivity (Wildman–Crippen MR) is 155 cm³/mol. The first kappa shape index (κ1) is 33.3. The SMILES string of the molecule is CCOC(=O)CN(C(=O)C1(C)CCN(C(=O)OCc2ccccc2)CC1)[C@H]1CCCN(C(=O)OC(C)(C)C)C1.S. The van der Waals surface area contributed by atoms with E-state index < -0.39 is 29.2 Å². The zero-order valence-corrected chi connectivity index (χ0v) is 25.4. The van der Waals surface area contributed by atoms with Crippen LogP contribution in [0.3, 0.4) is 0 Å². The van der Waals surface area contributed by atoms with Crippen molar-refractivity contribution < 1.29 is 33.4 Å². The van der Waals surface area contributed by atoms with E-state index in [1.54, 1.807) is 21.6 Å². The molecule has 0 radical (unpaired) electrons. The summed E-state index contributed by atoms with van der Waals surface area (Å²) >= 11 is 0. The summed E-state index contributed by atoms with van der Waals surface area (Å²) < 4.78 is 16.2. The van der Waals surface area contributed by atoms with Crippen LogP contribution in [0.1, 0.15) is 65.9 Å². The molecule has 3 amide bonds. The Morgan fingerprint density at radius 3 is 2.23 bits per heavy atom. The minimum absolute atomic E-state index is 0. The number of rotatable bonds is 7. The van der Waals surface area contributed by atoms with Crippen molar-refractivity contribution in [1.29, 1.82) is 0 Å². The van der Waals surface area contributed by atoms with Crippen LogP contribution in [0.15, 0.2) is 30.3 Å². The molecule has 40 heavy (non-hydrogen) atoms. The van der Waals surface area contributed by atoms with Gasteiger partial charge in [-0.05, 0) is 58.9 Å². The Morgan fingerprint density at radius 1 is 0.975 bits per heavy atom. The molecule has 0 aromatic heterocycles. The van der Waals surface area contributed by atoms with Gasteiger partial charge in [-0.3, -0.25) is 9.59 Å². The summed E-state index contributed by atoms with van der Waals surface area (Å²) in [6.45, 7) is 10.8. The Kier molecular flexibility index (Phi) is 12.2. The van der Waals surface area contributed by atoms with Gasteiger partial charge in [0.05, 0.1) is 12.6 Å².